The summed E-state index contributed by atoms with van der Waals surface area (Å²) in [5.74, 6) is 0. The van der Waals surface area contributed by atoms with Gasteiger partial charge < -0.3 is 30.5 Å². The van der Waals surface area contributed by atoms with E-state index in [1.54, 1.807) is 0 Å². The number of hydrogen-bond donors (Lipinski definition) is 0. The van der Waals surface area contributed by atoms with E-state index in [0.29, 0.717) is 6.61 Å². The molecule has 0 heterocycles. The maximum atomic E-state index is 4.40. The zero-order chi connectivity index (χ0) is 4.12. The van der Waals surface area contributed by atoms with Crippen molar-refractivity contribution in [3.8, 4) is 0 Å². The van der Waals surface area contributed by atoms with E-state index in [9.17, 15) is 0 Å². The predicted molar refractivity (Wildman–Crippen MR) is 33.0 cm³/mol. The Labute approximate surface area is 99.1 Å². The minimum Gasteiger partial charge on any atom is -0.813 e. The van der Waals surface area contributed by atoms with Gasteiger partial charge in [0.25, 0.3) is 0 Å². The van der Waals surface area contributed by atoms with Crippen LogP contribution in [0.5, 0.6) is 0 Å². The van der Waals surface area contributed by atoms with Gasteiger partial charge in [0, 0.05) is 6.61 Å². The molecule has 0 rings (SSSR count). The number of thiol groups is 1. The van der Waals surface area contributed by atoms with Crippen molar-refractivity contribution in [2.24, 2.45) is 0 Å². The molecular formula is C3H6KOS2-. The molecule has 0 aromatic carbocycles. The second kappa shape index (κ2) is 15.7. The summed E-state index contributed by atoms with van der Waals surface area (Å²) in [5, 5.41) is 0. The summed E-state index contributed by atoms with van der Waals surface area (Å²) >= 11 is 4.18. The molecule has 0 aromatic heterocycles. The van der Waals surface area contributed by atoms with Crippen LogP contribution in [0.25, 0.3) is 0 Å². The molecule has 0 saturated heterocycles. The van der Waals surface area contributed by atoms with Gasteiger partial charge in [0.05, 0.1) is 0 Å². The monoisotopic (exact) mass is 161 g/mol. The van der Waals surface area contributed by atoms with E-state index in [4.69, 9.17) is 0 Å². The van der Waals surface area contributed by atoms with Crippen LogP contribution >= 0.6 is 12.2 Å². The van der Waals surface area contributed by atoms with Gasteiger partial charge in [-0.3, -0.25) is 0 Å². The minimum absolute atomic E-state index is 0. The van der Waals surface area contributed by atoms with Crippen molar-refractivity contribution in [3.05, 3.63) is 0 Å². The molecule has 4 heteroatoms. The van der Waals surface area contributed by atoms with Crippen LogP contribution in [-0.4, -0.2) is 12.2 Å². The van der Waals surface area contributed by atoms with Crippen LogP contribution in [0.3, 0.4) is 0 Å². The fourth-order valence-electron chi connectivity index (χ4n) is 0.0589. The zero-order valence-electron chi connectivity index (χ0n) is 4.47. The fraction of sp³-hybridized carbons (Fsp3) is 0.667. The molecule has 0 unspecified atom stereocenters. The van der Waals surface area contributed by atoms with Gasteiger partial charge in [-0.1, -0.05) is 0 Å². The second-order valence-electron chi connectivity index (χ2n) is 0.516. The second-order valence-corrected chi connectivity index (χ2v) is 0.683. The van der Waals surface area contributed by atoms with Gasteiger partial charge in [0.15, 0.2) is 0 Å². The van der Waals surface area contributed by atoms with Gasteiger partial charge in [-0.25, -0.2) is 5.55 Å². The van der Waals surface area contributed by atoms with Crippen LogP contribution in [0.2, 0.25) is 0 Å². The summed E-state index contributed by atoms with van der Waals surface area (Å²) < 4.78 is 4.40. The summed E-state index contributed by atoms with van der Waals surface area (Å²) in [6.07, 6.45) is 0. The smallest absolute Gasteiger partial charge is 0.813 e. The normalized spacial score (nSPS) is 4.71. The van der Waals surface area contributed by atoms with Crippen molar-refractivity contribution >= 4 is 31.3 Å². The van der Waals surface area contributed by atoms with E-state index in [-0.39, 0.29) is 64.9 Å². The summed E-state index contributed by atoms with van der Waals surface area (Å²) in [5.41, 5.74) is 2.10. The number of thiocarbonyl (C=S) groups is 1. The molecule has 0 spiro atoms. The molecule has 0 radical (unpaired) electrons. The van der Waals surface area contributed by atoms with Crippen molar-refractivity contribution in [1.29, 1.82) is 0 Å². The van der Waals surface area contributed by atoms with Gasteiger partial charge in [-0.15, -0.1) is 0 Å². The summed E-state index contributed by atoms with van der Waals surface area (Å²) in [6, 6.07) is 0. The fourth-order valence-corrected chi connectivity index (χ4v) is 0.177. The van der Waals surface area contributed by atoms with Gasteiger partial charge in [0.1, 0.15) is 0 Å². The Balaban J connectivity index is -0.0000000800. The van der Waals surface area contributed by atoms with Crippen molar-refractivity contribution in [1.82, 2.24) is 0 Å². The molecule has 0 aliphatic rings. The maximum absolute atomic E-state index is 4.40. The minimum atomic E-state index is 0. The average molecular weight is 161 g/mol. The molecule has 0 aliphatic heterocycles. The molecule has 0 aliphatic carbocycles. The summed E-state index contributed by atoms with van der Waals surface area (Å²) in [4.78, 5) is 0. The zero-order valence-corrected chi connectivity index (χ0v) is 9.30. The van der Waals surface area contributed by atoms with E-state index < -0.39 is 0 Å². The number of hydrogen-bond acceptors (Lipinski definition) is 3. The van der Waals surface area contributed by atoms with Gasteiger partial charge in [0.2, 0.25) is 0 Å². The van der Waals surface area contributed by atoms with E-state index in [1.165, 1.54) is 0 Å². The topological polar surface area (TPSA) is 9.23 Å². The maximum Gasteiger partial charge on any atom is 1.00 e. The first-order valence-electron chi connectivity index (χ1n) is 1.40. The first kappa shape index (κ1) is 15.9. The first-order valence-corrected chi connectivity index (χ1v) is 1.81. The largest absolute Gasteiger partial charge is 1.00 e. The van der Waals surface area contributed by atoms with Gasteiger partial charge in [-0.2, -0.15) is 0 Å². The Morgan fingerprint density at radius 3 is 2.14 bits per heavy atom. The van der Waals surface area contributed by atoms with E-state index in [0.717, 1.165) is 0 Å². The molecule has 0 amide bonds. The Morgan fingerprint density at radius 2 is 2.14 bits per heavy atom. The standard InChI is InChI=1S/C3H5OS.K.H2S/c1-2-4-3-5;;/h2H2,1H3;;1H2/q-1;+1;/p-1. The van der Waals surface area contributed by atoms with Crippen molar-refractivity contribution in [2.45, 2.75) is 6.92 Å². The van der Waals surface area contributed by atoms with Crippen molar-refractivity contribution < 1.29 is 56.1 Å². The average Bonchev–Trinajstić information content (AvgIpc) is 1.41. The van der Waals surface area contributed by atoms with Crippen LogP contribution in [0.1, 0.15) is 6.92 Å². The Hall–Kier alpha value is 1.88. The van der Waals surface area contributed by atoms with Crippen molar-refractivity contribution in [3.63, 3.8) is 0 Å². The third-order valence-corrected chi connectivity index (χ3v) is 0.321. The summed E-state index contributed by atoms with van der Waals surface area (Å²) in [6.45, 7) is 2.49. The molecule has 0 N–H and O–H groups in total. The van der Waals surface area contributed by atoms with Crippen LogP contribution in [0.15, 0.2) is 0 Å². The van der Waals surface area contributed by atoms with E-state index in [2.05, 4.69) is 22.5 Å². The molecule has 1 nitrogen and oxygen atoms in total. The van der Waals surface area contributed by atoms with Gasteiger partial charge in [-0.05, 0) is 6.92 Å². The summed E-state index contributed by atoms with van der Waals surface area (Å²) in [7, 11) is 0. The van der Waals surface area contributed by atoms with Crippen molar-refractivity contribution in [2.75, 3.05) is 6.61 Å². The molecule has 0 bridgehead atoms. The van der Waals surface area contributed by atoms with Gasteiger partial charge >= 0.3 is 51.4 Å². The Bertz CT molecular complexity index is 34.1. The molecule has 38 valence electrons. The van der Waals surface area contributed by atoms with Crippen LogP contribution in [0.4, 0.5) is 0 Å². The molecule has 0 aromatic rings. The molecule has 7 heavy (non-hydrogen) atoms. The molecule has 0 fully saturated rings. The quantitative estimate of drug-likeness (QED) is 0.147. The third kappa shape index (κ3) is 18.1. The van der Waals surface area contributed by atoms with E-state index in [1.807, 2.05) is 6.92 Å². The van der Waals surface area contributed by atoms with E-state index >= 15 is 0 Å². The molecule has 0 atom stereocenters. The Morgan fingerprint density at radius 1 is 1.71 bits per heavy atom. The van der Waals surface area contributed by atoms with Crippen LogP contribution in [0, 0.1) is 0 Å². The van der Waals surface area contributed by atoms with Crippen LogP contribution in [-0.2, 0) is 18.2 Å². The number of ether oxygens (including phenoxy) is 1. The Kier molecular flexibility index (Phi) is 35.7. The molecular weight excluding hydrogens is 155 g/mol. The number of rotatable bonds is 2. The predicted octanol–water partition coefficient (Wildman–Crippen LogP) is -2.41. The van der Waals surface area contributed by atoms with Crippen LogP contribution < -0.4 is 51.4 Å². The SMILES string of the molecule is CCO[C-]=S.[K+].[SH-]. The third-order valence-electron chi connectivity index (χ3n) is 0.203. The molecule has 0 saturated carbocycles. The first-order chi connectivity index (χ1) is 2.41.